The zero-order chi connectivity index (χ0) is 15.5. The summed E-state index contributed by atoms with van der Waals surface area (Å²) in [6, 6.07) is 6.62. The maximum Gasteiger partial charge on any atom is 0.387 e. The van der Waals surface area contributed by atoms with E-state index in [1.165, 1.54) is 6.07 Å². The molecule has 0 amide bonds. The number of benzene rings is 1. The lowest BCUT2D eigenvalue weighted by atomic mass is 10.1. The number of hydrogen-bond donors (Lipinski definition) is 1. The molecule has 0 bridgehead atoms. The van der Waals surface area contributed by atoms with E-state index in [0.29, 0.717) is 12.8 Å². The standard InChI is InChI=1S/C14H19F2NO3S/c1-10(17-12-5-7-21(18,19)8-6-12)11-3-2-4-13(9-11)20-14(15)16/h2-4,9-10,12,14,17H,5-8H2,1H3. The number of ether oxygens (including phenoxy) is 1. The van der Waals surface area contributed by atoms with E-state index in [1.54, 1.807) is 12.1 Å². The van der Waals surface area contributed by atoms with Crippen molar-refractivity contribution in [1.29, 1.82) is 0 Å². The Labute approximate surface area is 123 Å². The van der Waals surface area contributed by atoms with E-state index in [0.717, 1.165) is 5.56 Å². The summed E-state index contributed by atoms with van der Waals surface area (Å²) in [7, 11) is -2.88. The molecule has 0 saturated carbocycles. The highest BCUT2D eigenvalue weighted by atomic mass is 32.2. The van der Waals surface area contributed by atoms with E-state index in [2.05, 4.69) is 10.1 Å². The number of nitrogens with one attached hydrogen (secondary N) is 1. The van der Waals surface area contributed by atoms with Gasteiger partial charge in [0.2, 0.25) is 0 Å². The van der Waals surface area contributed by atoms with Crippen LogP contribution in [0.4, 0.5) is 8.78 Å². The SMILES string of the molecule is CC(NC1CCS(=O)(=O)CC1)c1cccc(OC(F)F)c1. The van der Waals surface area contributed by atoms with Crippen LogP contribution in [0.25, 0.3) is 0 Å². The van der Waals surface area contributed by atoms with Gasteiger partial charge < -0.3 is 10.1 Å². The minimum atomic E-state index is -2.88. The van der Waals surface area contributed by atoms with Gasteiger partial charge in [-0.15, -0.1) is 0 Å². The zero-order valence-corrected chi connectivity index (χ0v) is 12.6. The van der Waals surface area contributed by atoms with Gasteiger partial charge in [0.1, 0.15) is 15.6 Å². The molecule has 0 aromatic heterocycles. The van der Waals surface area contributed by atoms with Crippen molar-refractivity contribution < 1.29 is 21.9 Å². The molecular weight excluding hydrogens is 300 g/mol. The first-order chi connectivity index (χ1) is 9.85. The highest BCUT2D eigenvalue weighted by molar-refractivity contribution is 7.91. The maximum absolute atomic E-state index is 12.2. The van der Waals surface area contributed by atoms with Crippen LogP contribution >= 0.6 is 0 Å². The Balaban J connectivity index is 1.95. The summed E-state index contributed by atoms with van der Waals surface area (Å²) in [4.78, 5) is 0. The van der Waals surface area contributed by atoms with Gasteiger partial charge in [0.15, 0.2) is 0 Å². The first-order valence-electron chi connectivity index (χ1n) is 6.87. The van der Waals surface area contributed by atoms with Gasteiger partial charge in [-0.1, -0.05) is 12.1 Å². The quantitative estimate of drug-likeness (QED) is 0.906. The summed E-state index contributed by atoms with van der Waals surface area (Å²) in [5, 5.41) is 3.35. The molecule has 1 heterocycles. The second-order valence-electron chi connectivity index (χ2n) is 5.27. The first kappa shape index (κ1) is 16.2. The molecule has 0 spiro atoms. The molecule has 1 atom stereocenters. The lowest BCUT2D eigenvalue weighted by Crippen LogP contribution is -2.38. The Morgan fingerprint density at radius 1 is 1.29 bits per heavy atom. The third-order valence-corrected chi connectivity index (χ3v) is 5.34. The number of sulfone groups is 1. The third kappa shape index (κ3) is 4.93. The summed E-state index contributed by atoms with van der Waals surface area (Å²) in [6.45, 7) is -0.919. The fourth-order valence-electron chi connectivity index (χ4n) is 2.47. The van der Waals surface area contributed by atoms with E-state index in [9.17, 15) is 17.2 Å². The molecule has 0 aliphatic carbocycles. The van der Waals surface area contributed by atoms with Crippen LogP contribution in [0.5, 0.6) is 5.75 Å². The van der Waals surface area contributed by atoms with E-state index in [-0.39, 0.29) is 29.3 Å². The predicted molar refractivity (Wildman–Crippen MR) is 76.3 cm³/mol. The molecule has 1 aromatic rings. The Morgan fingerprint density at radius 2 is 1.95 bits per heavy atom. The Bertz CT molecular complexity index is 563. The van der Waals surface area contributed by atoms with Gasteiger partial charge in [0.25, 0.3) is 0 Å². The monoisotopic (exact) mass is 319 g/mol. The summed E-state index contributed by atoms with van der Waals surface area (Å²) in [6.07, 6.45) is 1.17. The summed E-state index contributed by atoms with van der Waals surface area (Å²) in [5.41, 5.74) is 0.835. The summed E-state index contributed by atoms with van der Waals surface area (Å²) in [5.74, 6) is 0.528. The lowest BCUT2D eigenvalue weighted by Gasteiger charge is -2.27. The van der Waals surface area contributed by atoms with E-state index < -0.39 is 16.4 Å². The average Bonchev–Trinajstić information content (AvgIpc) is 2.41. The normalized spacial score (nSPS) is 20.4. The van der Waals surface area contributed by atoms with Crippen LogP contribution in [0.2, 0.25) is 0 Å². The van der Waals surface area contributed by atoms with Crippen LogP contribution in [0.15, 0.2) is 24.3 Å². The molecule has 1 fully saturated rings. The van der Waals surface area contributed by atoms with E-state index >= 15 is 0 Å². The smallest absolute Gasteiger partial charge is 0.387 e. The molecule has 1 N–H and O–H groups in total. The van der Waals surface area contributed by atoms with Crippen molar-refractivity contribution in [3.05, 3.63) is 29.8 Å². The largest absolute Gasteiger partial charge is 0.435 e. The Morgan fingerprint density at radius 3 is 2.57 bits per heavy atom. The third-order valence-electron chi connectivity index (χ3n) is 3.62. The summed E-state index contributed by atoms with van der Waals surface area (Å²) < 4.78 is 51.6. The first-order valence-corrected chi connectivity index (χ1v) is 8.69. The molecule has 1 unspecified atom stereocenters. The molecule has 1 aliphatic rings. The topological polar surface area (TPSA) is 55.4 Å². The fraction of sp³-hybridized carbons (Fsp3) is 0.571. The highest BCUT2D eigenvalue weighted by Crippen LogP contribution is 2.22. The molecule has 21 heavy (non-hydrogen) atoms. The number of halogens is 2. The average molecular weight is 319 g/mol. The van der Waals surface area contributed by atoms with Crippen LogP contribution in [0.1, 0.15) is 31.4 Å². The Kier molecular flexibility index (Phi) is 5.16. The van der Waals surface area contributed by atoms with Gasteiger partial charge in [-0.3, -0.25) is 0 Å². The number of rotatable bonds is 5. The van der Waals surface area contributed by atoms with Crippen LogP contribution in [-0.2, 0) is 9.84 Å². The highest BCUT2D eigenvalue weighted by Gasteiger charge is 2.24. The molecule has 118 valence electrons. The number of hydrogen-bond acceptors (Lipinski definition) is 4. The van der Waals surface area contributed by atoms with Crippen molar-refractivity contribution in [2.24, 2.45) is 0 Å². The second-order valence-corrected chi connectivity index (χ2v) is 7.57. The molecule has 1 saturated heterocycles. The molecule has 2 rings (SSSR count). The second kappa shape index (κ2) is 6.70. The molecule has 7 heteroatoms. The minimum Gasteiger partial charge on any atom is -0.435 e. The van der Waals surface area contributed by atoms with Crippen LogP contribution < -0.4 is 10.1 Å². The van der Waals surface area contributed by atoms with Gasteiger partial charge in [-0.2, -0.15) is 8.78 Å². The van der Waals surface area contributed by atoms with Crippen LogP contribution in [0.3, 0.4) is 0 Å². The predicted octanol–water partition coefficient (Wildman–Crippen LogP) is 2.52. The Hall–Kier alpha value is -1.21. The van der Waals surface area contributed by atoms with Crippen LogP contribution in [-0.4, -0.2) is 32.6 Å². The molecule has 4 nitrogen and oxygen atoms in total. The van der Waals surface area contributed by atoms with Gasteiger partial charge >= 0.3 is 6.61 Å². The zero-order valence-electron chi connectivity index (χ0n) is 11.8. The lowest BCUT2D eigenvalue weighted by molar-refractivity contribution is -0.0499. The van der Waals surface area contributed by atoms with Gasteiger partial charge in [-0.05, 0) is 37.5 Å². The van der Waals surface area contributed by atoms with Crippen molar-refractivity contribution in [3.63, 3.8) is 0 Å². The molecule has 0 radical (unpaired) electrons. The van der Waals surface area contributed by atoms with Crippen molar-refractivity contribution in [1.82, 2.24) is 5.32 Å². The molecule has 1 aromatic carbocycles. The van der Waals surface area contributed by atoms with E-state index in [1.807, 2.05) is 13.0 Å². The van der Waals surface area contributed by atoms with Gasteiger partial charge in [0, 0.05) is 12.1 Å². The van der Waals surface area contributed by atoms with Gasteiger partial charge in [-0.25, -0.2) is 8.42 Å². The van der Waals surface area contributed by atoms with Crippen molar-refractivity contribution >= 4 is 9.84 Å². The summed E-state index contributed by atoms with van der Waals surface area (Å²) >= 11 is 0. The van der Waals surface area contributed by atoms with Gasteiger partial charge in [0.05, 0.1) is 11.5 Å². The molecule has 1 aliphatic heterocycles. The number of alkyl halides is 2. The maximum atomic E-state index is 12.2. The van der Waals surface area contributed by atoms with Crippen molar-refractivity contribution in [2.45, 2.75) is 38.5 Å². The van der Waals surface area contributed by atoms with Crippen LogP contribution in [0, 0.1) is 0 Å². The molecular formula is C14H19F2NO3S. The van der Waals surface area contributed by atoms with E-state index in [4.69, 9.17) is 0 Å². The fourth-order valence-corrected chi connectivity index (χ4v) is 3.96. The van der Waals surface area contributed by atoms with Crippen molar-refractivity contribution in [3.8, 4) is 5.75 Å². The minimum absolute atomic E-state index is 0.0583. The van der Waals surface area contributed by atoms with Crippen molar-refractivity contribution in [2.75, 3.05) is 11.5 Å².